The number of benzene rings is 2. The molecule has 0 atom stereocenters. The summed E-state index contributed by atoms with van der Waals surface area (Å²) in [5.74, 6) is -2.95. The zero-order valence-electron chi connectivity index (χ0n) is 19.2. The van der Waals surface area contributed by atoms with Crippen LogP contribution in [0.3, 0.4) is 0 Å². The standard InChI is InChI=1S/C24H32N2O7.Fe/c1-16-5-18(9-19(6-16)14-27)10-25(12-22(29)30)3-4-26(13-23(31)32)11-20-7-17(2)8-21(15-28)24(20)33;/h5-9,27-28,33H,3-4,10-15H2,1-2H3,(H,29,30)(H,31,32);/q;+3/p-3. The van der Waals surface area contributed by atoms with Gasteiger partial charge in [0.2, 0.25) is 0 Å². The molecule has 0 aliphatic carbocycles. The third-order valence-electron chi connectivity index (χ3n) is 5.17. The molecular weight excluding hydrogens is 484 g/mol. The molecule has 2 rings (SSSR count). The average molecular weight is 513 g/mol. The minimum atomic E-state index is -1.32. The fraction of sp³-hybridized carbons (Fsp3) is 0.417. The van der Waals surface area contributed by atoms with Gasteiger partial charge < -0.3 is 35.1 Å². The van der Waals surface area contributed by atoms with E-state index in [2.05, 4.69) is 0 Å². The number of aryl methyl sites for hydroxylation is 2. The van der Waals surface area contributed by atoms with Crippen LogP contribution in [-0.4, -0.2) is 58.1 Å². The van der Waals surface area contributed by atoms with Gasteiger partial charge >= 0.3 is 17.1 Å². The van der Waals surface area contributed by atoms with Crippen LogP contribution in [0, 0.1) is 13.8 Å². The summed E-state index contributed by atoms with van der Waals surface area (Å²) in [6.07, 6.45) is 0. The largest absolute Gasteiger partial charge is 3.00 e. The van der Waals surface area contributed by atoms with Crippen molar-refractivity contribution in [2.24, 2.45) is 0 Å². The second kappa shape index (κ2) is 14.1. The van der Waals surface area contributed by atoms with E-state index in [0.29, 0.717) is 11.1 Å². The quantitative estimate of drug-likeness (QED) is 0.295. The van der Waals surface area contributed by atoms with Gasteiger partial charge in [-0.2, -0.15) is 0 Å². The van der Waals surface area contributed by atoms with Crippen LogP contribution in [0.2, 0.25) is 0 Å². The maximum atomic E-state index is 12.5. The average Bonchev–Trinajstić information content (AvgIpc) is 2.72. The molecule has 0 fully saturated rings. The van der Waals surface area contributed by atoms with Crippen LogP contribution >= 0.6 is 0 Å². The number of hydrogen-bond donors (Lipinski definition) is 2. The summed E-state index contributed by atoms with van der Waals surface area (Å²) in [6, 6.07) is 8.72. The van der Waals surface area contributed by atoms with E-state index in [9.17, 15) is 35.1 Å². The van der Waals surface area contributed by atoms with Gasteiger partial charge in [0.25, 0.3) is 0 Å². The molecule has 185 valence electrons. The monoisotopic (exact) mass is 513 g/mol. The van der Waals surface area contributed by atoms with Gasteiger partial charge in [-0.15, -0.1) is 0 Å². The van der Waals surface area contributed by atoms with Crippen molar-refractivity contribution in [1.82, 2.24) is 9.80 Å². The number of aliphatic hydroxyl groups excluding tert-OH is 2. The first kappa shape index (κ1) is 29.6. The van der Waals surface area contributed by atoms with Crippen molar-refractivity contribution in [3.63, 3.8) is 0 Å². The first-order chi connectivity index (χ1) is 15.6. The maximum absolute atomic E-state index is 12.5. The Balaban J connectivity index is 0.00000578. The molecule has 9 nitrogen and oxygen atoms in total. The SMILES string of the molecule is Cc1cc(CO)cc(CN(CCN(CC(=O)[O-])Cc2cc(C)cc(CO)c2[O-])CC(=O)[O-])c1.[Fe+3]. The van der Waals surface area contributed by atoms with Gasteiger partial charge in [-0.05, 0) is 36.1 Å². The summed E-state index contributed by atoms with van der Waals surface area (Å²) in [6.45, 7) is 2.89. The molecule has 0 aliphatic heterocycles. The normalized spacial score (nSPS) is 11.0. The molecule has 0 amide bonds. The van der Waals surface area contributed by atoms with Crippen LogP contribution in [0.4, 0.5) is 0 Å². The summed E-state index contributed by atoms with van der Waals surface area (Å²) in [7, 11) is 0. The Morgan fingerprint density at radius 1 is 0.765 bits per heavy atom. The number of hydrogen-bond acceptors (Lipinski definition) is 9. The van der Waals surface area contributed by atoms with Crippen molar-refractivity contribution < 1.29 is 52.2 Å². The van der Waals surface area contributed by atoms with Crippen LogP contribution in [0.15, 0.2) is 30.3 Å². The second-order valence-electron chi connectivity index (χ2n) is 8.22. The Morgan fingerprint density at radius 2 is 1.26 bits per heavy atom. The summed E-state index contributed by atoms with van der Waals surface area (Å²) >= 11 is 0. The molecule has 0 bridgehead atoms. The minimum Gasteiger partial charge on any atom is -0.872 e. The van der Waals surface area contributed by atoms with E-state index in [4.69, 9.17) is 0 Å². The van der Waals surface area contributed by atoms with Gasteiger partial charge in [0.05, 0.1) is 25.2 Å². The Labute approximate surface area is 209 Å². The molecule has 0 saturated heterocycles. The molecule has 0 unspecified atom stereocenters. The number of carboxylic acid groups (broad SMARTS) is 2. The second-order valence-corrected chi connectivity index (χ2v) is 8.22. The number of carboxylic acids is 2. The number of aliphatic hydroxyl groups is 2. The van der Waals surface area contributed by atoms with E-state index in [1.54, 1.807) is 30.0 Å². The van der Waals surface area contributed by atoms with Gasteiger partial charge in [-0.1, -0.05) is 47.2 Å². The Hall–Kier alpha value is -2.46. The Morgan fingerprint density at radius 3 is 1.79 bits per heavy atom. The van der Waals surface area contributed by atoms with Crippen molar-refractivity contribution in [1.29, 1.82) is 0 Å². The fourth-order valence-electron chi connectivity index (χ4n) is 3.87. The summed E-state index contributed by atoms with van der Waals surface area (Å²) < 4.78 is 0. The van der Waals surface area contributed by atoms with E-state index in [1.165, 1.54) is 4.90 Å². The molecule has 0 spiro atoms. The van der Waals surface area contributed by atoms with E-state index in [-0.39, 0.29) is 67.7 Å². The third-order valence-corrected chi connectivity index (χ3v) is 5.17. The molecule has 0 aromatic heterocycles. The van der Waals surface area contributed by atoms with Crippen LogP contribution in [-0.2, 0) is 53.0 Å². The smallest absolute Gasteiger partial charge is 0.872 e. The van der Waals surface area contributed by atoms with Crippen molar-refractivity contribution in [3.8, 4) is 5.75 Å². The summed E-state index contributed by atoms with van der Waals surface area (Å²) in [5, 5.41) is 53.9. The van der Waals surface area contributed by atoms with Crippen molar-refractivity contribution in [3.05, 3.63) is 63.7 Å². The van der Waals surface area contributed by atoms with Gasteiger partial charge in [-0.25, -0.2) is 0 Å². The molecule has 0 heterocycles. The molecule has 1 radical (unpaired) electrons. The van der Waals surface area contributed by atoms with Gasteiger partial charge in [0.15, 0.2) is 0 Å². The zero-order chi connectivity index (χ0) is 24.5. The van der Waals surface area contributed by atoms with Crippen molar-refractivity contribution >= 4 is 11.9 Å². The number of nitrogens with zero attached hydrogens (tertiary/aromatic N) is 2. The molecule has 0 saturated carbocycles. The van der Waals surface area contributed by atoms with Crippen molar-refractivity contribution in [2.45, 2.75) is 40.2 Å². The maximum Gasteiger partial charge on any atom is 3.00 e. The molecule has 2 N–H and O–H groups in total. The first-order valence-electron chi connectivity index (χ1n) is 10.6. The van der Waals surface area contributed by atoms with Crippen LogP contribution in [0.1, 0.15) is 33.4 Å². The first-order valence-corrected chi connectivity index (χ1v) is 10.6. The predicted molar refractivity (Wildman–Crippen MR) is 114 cm³/mol. The van der Waals surface area contributed by atoms with Crippen molar-refractivity contribution in [2.75, 3.05) is 26.2 Å². The van der Waals surface area contributed by atoms with Gasteiger partial charge in [0.1, 0.15) is 0 Å². The molecule has 2 aromatic rings. The van der Waals surface area contributed by atoms with E-state index in [1.807, 2.05) is 19.1 Å². The van der Waals surface area contributed by atoms with Crippen LogP contribution in [0.5, 0.6) is 5.75 Å². The summed E-state index contributed by atoms with van der Waals surface area (Å²) in [5.41, 5.74) is 3.78. The number of carbonyl (C=O) groups excluding carboxylic acids is 2. The Kier molecular flexibility index (Phi) is 12.2. The zero-order valence-corrected chi connectivity index (χ0v) is 20.3. The molecular formula is C24H29FeN2O7. The molecule has 34 heavy (non-hydrogen) atoms. The molecule has 2 aromatic carbocycles. The van der Waals surface area contributed by atoms with Crippen LogP contribution < -0.4 is 15.3 Å². The van der Waals surface area contributed by atoms with Crippen LogP contribution in [0.25, 0.3) is 0 Å². The number of rotatable bonds is 13. The summed E-state index contributed by atoms with van der Waals surface area (Å²) in [4.78, 5) is 25.7. The van der Waals surface area contributed by atoms with Gasteiger partial charge in [0, 0.05) is 39.3 Å². The Bertz CT molecular complexity index is 984. The topological polar surface area (TPSA) is 150 Å². The predicted octanol–water partition coefficient (Wildman–Crippen LogP) is -1.84. The third kappa shape index (κ3) is 9.42. The minimum absolute atomic E-state index is 0. The van der Waals surface area contributed by atoms with E-state index in [0.717, 1.165) is 16.7 Å². The fourth-order valence-corrected chi connectivity index (χ4v) is 3.87. The van der Waals surface area contributed by atoms with E-state index >= 15 is 0 Å². The number of aliphatic carboxylic acids is 2. The molecule has 10 heteroatoms. The molecule has 0 aliphatic rings. The van der Waals surface area contributed by atoms with Gasteiger partial charge in [-0.3, -0.25) is 9.80 Å². The number of carbonyl (C=O) groups is 2. The van der Waals surface area contributed by atoms with E-state index < -0.39 is 25.1 Å².